The second-order valence-corrected chi connectivity index (χ2v) is 7.39. The Bertz CT molecular complexity index is 945. The van der Waals surface area contributed by atoms with Gasteiger partial charge in [0.05, 0.1) is 12.6 Å². The highest BCUT2D eigenvalue weighted by atomic mass is 19.1. The van der Waals surface area contributed by atoms with Crippen molar-refractivity contribution < 1.29 is 23.2 Å². The Labute approximate surface area is 171 Å². The summed E-state index contributed by atoms with van der Waals surface area (Å²) in [5, 5.41) is 1.27. The molecule has 2 saturated heterocycles. The Balaban J connectivity index is 1.42. The van der Waals surface area contributed by atoms with E-state index in [0.717, 1.165) is 6.07 Å². The molecule has 2 amide bonds. The maximum Gasteiger partial charge on any atom is 0.267 e. The van der Waals surface area contributed by atoms with Crippen LogP contribution in [0, 0.1) is 17.6 Å². The van der Waals surface area contributed by atoms with Crippen LogP contribution in [-0.4, -0.2) is 46.5 Å². The van der Waals surface area contributed by atoms with Crippen LogP contribution in [0.4, 0.5) is 14.6 Å². The Morgan fingerprint density at radius 1 is 1.03 bits per heavy atom. The third kappa shape index (κ3) is 4.09. The first-order chi connectivity index (χ1) is 14.4. The van der Waals surface area contributed by atoms with Crippen LogP contribution in [0.15, 0.2) is 30.6 Å². The van der Waals surface area contributed by atoms with Gasteiger partial charge >= 0.3 is 0 Å². The number of halogens is 2. The molecule has 0 bridgehead atoms. The molecule has 1 aromatic carbocycles. The van der Waals surface area contributed by atoms with Crippen LogP contribution in [0.1, 0.15) is 41.4 Å². The molecule has 2 fully saturated rings. The van der Waals surface area contributed by atoms with Crippen LogP contribution in [0.2, 0.25) is 0 Å². The highest BCUT2D eigenvalue weighted by Crippen LogP contribution is 2.34. The summed E-state index contributed by atoms with van der Waals surface area (Å²) in [5.74, 6) is -1.89. The molecule has 0 radical (unpaired) electrons. The van der Waals surface area contributed by atoms with Crippen molar-refractivity contribution in [2.75, 3.05) is 24.6 Å². The SMILES string of the molecule is NC(=O)c1cc(N2CCC(C(=O)N3OCC[C@H]3c3cc(F)cc(F)c3)CC2)ncn1. The van der Waals surface area contributed by atoms with Gasteiger partial charge in [0, 0.05) is 37.6 Å². The number of primary amides is 1. The van der Waals surface area contributed by atoms with E-state index in [1.54, 1.807) is 0 Å². The fraction of sp³-hybridized carbons (Fsp3) is 0.400. The first-order valence-corrected chi connectivity index (χ1v) is 9.71. The maximum absolute atomic E-state index is 13.6. The largest absolute Gasteiger partial charge is 0.364 e. The molecule has 0 unspecified atom stereocenters. The maximum atomic E-state index is 13.6. The Hall–Kier alpha value is -3.14. The Kier molecular flexibility index (Phi) is 5.58. The van der Waals surface area contributed by atoms with Crippen LogP contribution in [0.25, 0.3) is 0 Å². The van der Waals surface area contributed by atoms with Crippen LogP contribution < -0.4 is 10.6 Å². The number of carbonyl (C=O) groups excluding carboxylic acids is 2. The fourth-order valence-corrected chi connectivity index (χ4v) is 3.95. The topological polar surface area (TPSA) is 102 Å². The third-order valence-electron chi connectivity index (χ3n) is 5.46. The van der Waals surface area contributed by atoms with E-state index in [4.69, 9.17) is 10.6 Å². The molecule has 0 aliphatic carbocycles. The minimum atomic E-state index is -0.683. The minimum Gasteiger partial charge on any atom is -0.364 e. The zero-order valence-corrected chi connectivity index (χ0v) is 16.1. The number of anilines is 1. The number of carbonyl (C=O) groups is 2. The van der Waals surface area contributed by atoms with Crippen molar-refractivity contribution >= 4 is 17.6 Å². The number of hydrogen-bond donors (Lipinski definition) is 1. The molecule has 1 aromatic heterocycles. The van der Waals surface area contributed by atoms with Crippen molar-refractivity contribution in [2.24, 2.45) is 11.7 Å². The van der Waals surface area contributed by atoms with E-state index < -0.39 is 23.6 Å². The predicted octanol–water partition coefficient (Wildman–Crippen LogP) is 1.98. The number of amides is 2. The Morgan fingerprint density at radius 3 is 2.40 bits per heavy atom. The van der Waals surface area contributed by atoms with Crippen LogP contribution in [-0.2, 0) is 9.63 Å². The molecule has 8 nitrogen and oxygen atoms in total. The van der Waals surface area contributed by atoms with E-state index in [9.17, 15) is 18.4 Å². The van der Waals surface area contributed by atoms with Gasteiger partial charge < -0.3 is 10.6 Å². The van der Waals surface area contributed by atoms with Gasteiger partial charge in [0.15, 0.2) is 0 Å². The summed E-state index contributed by atoms with van der Waals surface area (Å²) in [6.07, 6.45) is 2.87. The summed E-state index contributed by atoms with van der Waals surface area (Å²) in [6.45, 7) is 1.42. The zero-order chi connectivity index (χ0) is 21.3. The van der Waals surface area contributed by atoms with Crippen LogP contribution in [0.5, 0.6) is 0 Å². The van der Waals surface area contributed by atoms with Crippen molar-refractivity contribution in [1.29, 1.82) is 0 Å². The van der Waals surface area contributed by atoms with E-state index >= 15 is 0 Å². The summed E-state index contributed by atoms with van der Waals surface area (Å²) in [5.41, 5.74) is 5.78. The molecule has 30 heavy (non-hydrogen) atoms. The number of benzene rings is 1. The van der Waals surface area contributed by atoms with Crippen LogP contribution in [0.3, 0.4) is 0 Å². The van der Waals surface area contributed by atoms with E-state index in [0.29, 0.717) is 50.3 Å². The number of rotatable bonds is 4. The van der Waals surface area contributed by atoms with Gasteiger partial charge in [0.25, 0.3) is 5.91 Å². The molecule has 2 aromatic rings. The van der Waals surface area contributed by atoms with Gasteiger partial charge in [-0.2, -0.15) is 0 Å². The molecule has 0 saturated carbocycles. The van der Waals surface area contributed by atoms with E-state index in [1.165, 1.54) is 29.6 Å². The number of hydrogen-bond acceptors (Lipinski definition) is 6. The van der Waals surface area contributed by atoms with Gasteiger partial charge in [-0.3, -0.25) is 14.4 Å². The average molecular weight is 417 g/mol. The zero-order valence-electron chi connectivity index (χ0n) is 16.1. The van der Waals surface area contributed by atoms with Crippen molar-refractivity contribution in [3.8, 4) is 0 Å². The summed E-state index contributed by atoms with van der Waals surface area (Å²) < 4.78 is 27.2. The summed E-state index contributed by atoms with van der Waals surface area (Å²) in [7, 11) is 0. The average Bonchev–Trinajstić information content (AvgIpc) is 3.23. The predicted molar refractivity (Wildman–Crippen MR) is 102 cm³/mol. The van der Waals surface area contributed by atoms with Crippen molar-refractivity contribution in [2.45, 2.75) is 25.3 Å². The molecule has 2 N–H and O–H groups in total. The van der Waals surface area contributed by atoms with E-state index in [1.807, 2.05) is 4.90 Å². The van der Waals surface area contributed by atoms with Crippen molar-refractivity contribution in [3.63, 3.8) is 0 Å². The van der Waals surface area contributed by atoms with Gasteiger partial charge in [0.1, 0.15) is 29.5 Å². The standard InChI is InChI=1S/C20H21F2N5O3/c21-14-7-13(8-15(22)9-14)17-3-6-30-27(17)20(29)12-1-4-26(5-2-12)18-10-16(19(23)28)24-11-25-18/h7-12,17H,1-6H2,(H2,23,28)/t17-/m0/s1. The van der Waals surface area contributed by atoms with Gasteiger partial charge in [0.2, 0.25) is 5.91 Å². The third-order valence-corrected chi connectivity index (χ3v) is 5.46. The number of nitrogens with zero attached hydrogens (tertiary/aromatic N) is 4. The highest BCUT2D eigenvalue weighted by Gasteiger charge is 2.37. The molecule has 0 spiro atoms. The lowest BCUT2D eigenvalue weighted by molar-refractivity contribution is -0.182. The molecular formula is C20H21F2N5O3. The normalized spacial score (nSPS) is 19.9. The lowest BCUT2D eigenvalue weighted by atomic mass is 9.94. The second kappa shape index (κ2) is 8.31. The van der Waals surface area contributed by atoms with Gasteiger partial charge in [-0.15, -0.1) is 0 Å². The summed E-state index contributed by atoms with van der Waals surface area (Å²) in [6, 6.07) is 4.29. The van der Waals surface area contributed by atoms with Gasteiger partial charge in [-0.25, -0.2) is 23.8 Å². The monoisotopic (exact) mass is 417 g/mol. The van der Waals surface area contributed by atoms with Gasteiger partial charge in [-0.05, 0) is 30.5 Å². The number of piperidine rings is 1. The molecule has 2 aliphatic rings. The van der Waals surface area contributed by atoms with Crippen molar-refractivity contribution in [3.05, 3.63) is 53.5 Å². The minimum absolute atomic E-state index is 0.133. The summed E-state index contributed by atoms with van der Waals surface area (Å²) >= 11 is 0. The number of nitrogens with two attached hydrogens (primary N) is 1. The lowest BCUT2D eigenvalue weighted by Crippen LogP contribution is -2.42. The first kappa shape index (κ1) is 20.1. The molecule has 3 heterocycles. The van der Waals surface area contributed by atoms with Gasteiger partial charge in [-0.1, -0.05) is 0 Å². The first-order valence-electron chi connectivity index (χ1n) is 9.71. The molecular weight excluding hydrogens is 396 g/mol. The van der Waals surface area contributed by atoms with Crippen molar-refractivity contribution in [1.82, 2.24) is 15.0 Å². The van der Waals surface area contributed by atoms with E-state index in [-0.39, 0.29) is 17.5 Å². The Morgan fingerprint density at radius 2 is 1.73 bits per heavy atom. The molecule has 10 heteroatoms. The van der Waals surface area contributed by atoms with E-state index in [2.05, 4.69) is 9.97 Å². The number of aromatic nitrogens is 2. The lowest BCUT2D eigenvalue weighted by Gasteiger charge is -2.34. The molecule has 4 rings (SSSR count). The smallest absolute Gasteiger partial charge is 0.267 e. The highest BCUT2D eigenvalue weighted by molar-refractivity contribution is 5.91. The van der Waals surface area contributed by atoms with Crippen LogP contribution >= 0.6 is 0 Å². The molecule has 1 atom stereocenters. The molecule has 158 valence electrons. The quantitative estimate of drug-likeness (QED) is 0.816. The summed E-state index contributed by atoms with van der Waals surface area (Å²) in [4.78, 5) is 39.9. The second-order valence-electron chi connectivity index (χ2n) is 7.39. The fourth-order valence-electron chi connectivity index (χ4n) is 3.95. The molecule has 2 aliphatic heterocycles. The number of hydroxylamine groups is 2.